The predicted molar refractivity (Wildman–Crippen MR) is 55.1 cm³/mol. The van der Waals surface area contributed by atoms with Crippen LogP contribution in [0.1, 0.15) is 34.0 Å². The highest BCUT2D eigenvalue weighted by molar-refractivity contribution is 5.85. The Morgan fingerprint density at radius 3 is 2.54 bits per heavy atom. The summed E-state index contributed by atoms with van der Waals surface area (Å²) in [6.07, 6.45) is 1.70. The van der Waals surface area contributed by atoms with Crippen LogP contribution in [0.5, 0.6) is 0 Å². The average Bonchev–Trinajstić information content (AvgIpc) is 2.12. The molecule has 0 bridgehead atoms. The number of hydrogen-bond acceptors (Lipinski definition) is 2. The maximum absolute atomic E-state index is 10.7. The van der Waals surface area contributed by atoms with Crippen LogP contribution in [0.2, 0.25) is 0 Å². The summed E-state index contributed by atoms with van der Waals surface area (Å²) in [4.78, 5) is 10.7. The van der Waals surface area contributed by atoms with Crippen LogP contribution in [0.4, 0.5) is 5.69 Å². The average molecular weight is 177 g/mol. The standard InChI is InChI=1S/C11H15NO/c1-4-10-8(3)7(2)5-9(6-13)11(10)12/h5-6H,4,12H2,1-3H3. The Morgan fingerprint density at radius 2 is 2.08 bits per heavy atom. The first-order chi connectivity index (χ1) is 6.11. The Hall–Kier alpha value is -1.31. The van der Waals surface area contributed by atoms with E-state index in [0.29, 0.717) is 11.3 Å². The van der Waals surface area contributed by atoms with E-state index in [4.69, 9.17) is 5.73 Å². The number of nitrogen functional groups attached to an aromatic ring is 1. The van der Waals surface area contributed by atoms with Crippen molar-refractivity contribution in [2.75, 3.05) is 5.73 Å². The summed E-state index contributed by atoms with van der Waals surface area (Å²) in [6, 6.07) is 1.84. The van der Waals surface area contributed by atoms with E-state index in [1.165, 1.54) is 5.56 Å². The second-order valence-electron chi connectivity index (χ2n) is 3.27. The third kappa shape index (κ3) is 1.57. The van der Waals surface area contributed by atoms with Gasteiger partial charge in [0.05, 0.1) is 0 Å². The minimum absolute atomic E-state index is 0.611. The van der Waals surface area contributed by atoms with Crippen LogP contribution in [0.15, 0.2) is 6.07 Å². The minimum Gasteiger partial charge on any atom is -0.398 e. The Labute approximate surface area is 78.8 Å². The lowest BCUT2D eigenvalue weighted by molar-refractivity contribution is 0.112. The van der Waals surface area contributed by atoms with Crippen molar-refractivity contribution < 1.29 is 4.79 Å². The monoisotopic (exact) mass is 177 g/mol. The predicted octanol–water partition coefficient (Wildman–Crippen LogP) is 2.26. The van der Waals surface area contributed by atoms with Crippen molar-refractivity contribution in [3.05, 3.63) is 28.3 Å². The van der Waals surface area contributed by atoms with Crippen LogP contribution in [0.25, 0.3) is 0 Å². The molecule has 1 rings (SSSR count). The van der Waals surface area contributed by atoms with Gasteiger partial charge in [0.2, 0.25) is 0 Å². The van der Waals surface area contributed by atoms with Gasteiger partial charge in [-0.1, -0.05) is 6.92 Å². The molecule has 13 heavy (non-hydrogen) atoms. The van der Waals surface area contributed by atoms with Gasteiger partial charge >= 0.3 is 0 Å². The van der Waals surface area contributed by atoms with Gasteiger partial charge in [-0.15, -0.1) is 0 Å². The second kappa shape index (κ2) is 3.60. The van der Waals surface area contributed by atoms with E-state index in [1.807, 2.05) is 26.8 Å². The first-order valence-corrected chi connectivity index (χ1v) is 4.45. The van der Waals surface area contributed by atoms with Crippen molar-refractivity contribution in [3.63, 3.8) is 0 Å². The Balaban J connectivity index is 3.47. The summed E-state index contributed by atoms with van der Waals surface area (Å²) in [5, 5.41) is 0. The molecule has 0 saturated heterocycles. The molecule has 0 atom stereocenters. The number of nitrogens with two attached hydrogens (primary N) is 1. The fourth-order valence-electron chi connectivity index (χ4n) is 1.59. The maximum Gasteiger partial charge on any atom is 0.152 e. The molecular formula is C11H15NO. The lowest BCUT2D eigenvalue weighted by Gasteiger charge is -2.12. The molecule has 1 aromatic carbocycles. The summed E-state index contributed by atoms with van der Waals surface area (Å²) in [5.74, 6) is 0. The van der Waals surface area contributed by atoms with Gasteiger partial charge in [-0.2, -0.15) is 0 Å². The van der Waals surface area contributed by atoms with E-state index in [-0.39, 0.29) is 0 Å². The van der Waals surface area contributed by atoms with Crippen molar-refractivity contribution in [1.29, 1.82) is 0 Å². The molecule has 1 aromatic rings. The third-order valence-electron chi connectivity index (χ3n) is 2.53. The van der Waals surface area contributed by atoms with E-state index >= 15 is 0 Å². The number of carbonyl (C=O) groups is 1. The number of aldehydes is 1. The molecule has 0 unspecified atom stereocenters. The van der Waals surface area contributed by atoms with Crippen LogP contribution in [0.3, 0.4) is 0 Å². The van der Waals surface area contributed by atoms with Crippen molar-refractivity contribution in [2.45, 2.75) is 27.2 Å². The number of anilines is 1. The SMILES string of the molecule is CCc1c(C)c(C)cc(C=O)c1N. The molecule has 0 aliphatic rings. The van der Waals surface area contributed by atoms with Gasteiger partial charge in [-0.05, 0) is 43.0 Å². The van der Waals surface area contributed by atoms with Gasteiger partial charge in [0, 0.05) is 11.3 Å². The Bertz CT molecular complexity index is 342. The molecule has 0 fully saturated rings. The number of benzene rings is 1. The van der Waals surface area contributed by atoms with Crippen molar-refractivity contribution in [3.8, 4) is 0 Å². The van der Waals surface area contributed by atoms with Crippen molar-refractivity contribution >= 4 is 12.0 Å². The number of hydrogen-bond donors (Lipinski definition) is 1. The lowest BCUT2D eigenvalue weighted by Crippen LogP contribution is -2.02. The molecule has 0 aliphatic heterocycles. The number of carbonyl (C=O) groups excluding carboxylic acids is 1. The fourth-order valence-corrected chi connectivity index (χ4v) is 1.59. The number of aryl methyl sites for hydroxylation is 1. The molecule has 2 heteroatoms. The molecule has 70 valence electrons. The molecule has 2 N–H and O–H groups in total. The molecule has 0 aliphatic carbocycles. The van der Waals surface area contributed by atoms with E-state index in [1.54, 1.807) is 0 Å². The minimum atomic E-state index is 0.611. The lowest BCUT2D eigenvalue weighted by atomic mass is 9.96. The molecule has 0 heterocycles. The summed E-state index contributed by atoms with van der Waals surface area (Å²) in [6.45, 7) is 6.09. The van der Waals surface area contributed by atoms with Crippen LogP contribution >= 0.6 is 0 Å². The highest BCUT2D eigenvalue weighted by Crippen LogP contribution is 2.24. The summed E-state index contributed by atoms with van der Waals surface area (Å²) in [7, 11) is 0. The summed E-state index contributed by atoms with van der Waals surface area (Å²) >= 11 is 0. The zero-order valence-corrected chi connectivity index (χ0v) is 8.35. The zero-order valence-electron chi connectivity index (χ0n) is 8.35. The van der Waals surface area contributed by atoms with Crippen LogP contribution < -0.4 is 5.73 Å². The van der Waals surface area contributed by atoms with E-state index in [9.17, 15) is 4.79 Å². The van der Waals surface area contributed by atoms with Gasteiger partial charge in [-0.25, -0.2) is 0 Å². The second-order valence-corrected chi connectivity index (χ2v) is 3.27. The fraction of sp³-hybridized carbons (Fsp3) is 0.364. The Morgan fingerprint density at radius 1 is 1.46 bits per heavy atom. The third-order valence-corrected chi connectivity index (χ3v) is 2.53. The molecular weight excluding hydrogens is 162 g/mol. The quantitative estimate of drug-likeness (QED) is 0.556. The highest BCUT2D eigenvalue weighted by Gasteiger charge is 2.08. The van der Waals surface area contributed by atoms with Gasteiger partial charge in [-0.3, -0.25) is 4.79 Å². The maximum atomic E-state index is 10.7. The van der Waals surface area contributed by atoms with Crippen LogP contribution in [-0.4, -0.2) is 6.29 Å². The van der Waals surface area contributed by atoms with E-state index in [2.05, 4.69) is 0 Å². The van der Waals surface area contributed by atoms with Gasteiger partial charge in [0.1, 0.15) is 0 Å². The summed E-state index contributed by atoms with van der Waals surface area (Å²) < 4.78 is 0. The molecule has 0 radical (unpaired) electrons. The zero-order chi connectivity index (χ0) is 10.0. The van der Waals surface area contributed by atoms with Crippen LogP contribution in [0, 0.1) is 13.8 Å². The van der Waals surface area contributed by atoms with E-state index in [0.717, 1.165) is 23.8 Å². The summed E-state index contributed by atoms with van der Waals surface area (Å²) in [5.41, 5.74) is 10.5. The molecule has 0 saturated carbocycles. The number of rotatable bonds is 2. The van der Waals surface area contributed by atoms with Crippen molar-refractivity contribution in [1.82, 2.24) is 0 Å². The van der Waals surface area contributed by atoms with Crippen LogP contribution in [-0.2, 0) is 6.42 Å². The van der Waals surface area contributed by atoms with Gasteiger partial charge < -0.3 is 5.73 Å². The van der Waals surface area contributed by atoms with Crippen molar-refractivity contribution in [2.24, 2.45) is 0 Å². The topological polar surface area (TPSA) is 43.1 Å². The molecule has 0 amide bonds. The molecule has 0 spiro atoms. The van der Waals surface area contributed by atoms with E-state index < -0.39 is 0 Å². The normalized spacial score (nSPS) is 10.1. The van der Waals surface area contributed by atoms with Gasteiger partial charge in [0.15, 0.2) is 6.29 Å². The first kappa shape index (κ1) is 9.78. The Kier molecular flexibility index (Phi) is 2.71. The molecule has 0 aromatic heterocycles. The largest absolute Gasteiger partial charge is 0.398 e. The molecule has 2 nitrogen and oxygen atoms in total. The first-order valence-electron chi connectivity index (χ1n) is 4.45. The van der Waals surface area contributed by atoms with Gasteiger partial charge in [0.25, 0.3) is 0 Å². The highest BCUT2D eigenvalue weighted by atomic mass is 16.1. The smallest absolute Gasteiger partial charge is 0.152 e.